The lowest BCUT2D eigenvalue weighted by molar-refractivity contribution is -0.384. The molecular formula is C18H23N5O2. The number of hydrogen-bond donors (Lipinski definition) is 3. The first-order chi connectivity index (χ1) is 12.2. The van der Waals surface area contributed by atoms with Crippen molar-refractivity contribution in [2.45, 2.75) is 13.5 Å². The lowest BCUT2D eigenvalue weighted by Crippen LogP contribution is -2.39. The van der Waals surface area contributed by atoms with Crippen LogP contribution in [0.15, 0.2) is 59.6 Å². The summed E-state index contributed by atoms with van der Waals surface area (Å²) in [7, 11) is 0. The Morgan fingerprint density at radius 3 is 2.48 bits per heavy atom. The molecule has 0 aliphatic rings. The number of rotatable bonds is 8. The van der Waals surface area contributed by atoms with Crippen molar-refractivity contribution in [1.82, 2.24) is 10.6 Å². The molecule has 0 aliphatic carbocycles. The topological polar surface area (TPSA) is 91.6 Å². The highest BCUT2D eigenvalue weighted by molar-refractivity contribution is 5.79. The highest BCUT2D eigenvalue weighted by Crippen LogP contribution is 2.22. The molecule has 3 N–H and O–H groups in total. The van der Waals surface area contributed by atoms with Gasteiger partial charge >= 0.3 is 0 Å². The summed E-state index contributed by atoms with van der Waals surface area (Å²) in [6.07, 6.45) is 0. The molecule has 0 aromatic heterocycles. The molecule has 2 aromatic carbocycles. The van der Waals surface area contributed by atoms with Gasteiger partial charge in [-0.3, -0.25) is 10.1 Å². The Hall–Kier alpha value is -3.09. The molecule has 2 aromatic rings. The largest absolute Gasteiger partial charge is 0.378 e. The van der Waals surface area contributed by atoms with Gasteiger partial charge in [0.25, 0.3) is 5.69 Å². The number of nitrogens with zero attached hydrogens (tertiary/aromatic N) is 2. The van der Waals surface area contributed by atoms with E-state index in [1.165, 1.54) is 6.07 Å². The third-order valence-electron chi connectivity index (χ3n) is 3.44. The molecular weight excluding hydrogens is 318 g/mol. The van der Waals surface area contributed by atoms with Crippen LogP contribution in [0.3, 0.4) is 0 Å². The molecule has 7 nitrogen and oxygen atoms in total. The van der Waals surface area contributed by atoms with E-state index in [1.807, 2.05) is 37.3 Å². The Morgan fingerprint density at radius 2 is 1.76 bits per heavy atom. The van der Waals surface area contributed by atoms with Crippen molar-refractivity contribution in [2.24, 2.45) is 4.99 Å². The standard InChI is InChI=1S/C18H23N5O2/c1-2-19-18(22-14-15-8-4-3-5-9-15)21-13-12-20-16-10-6-7-11-17(16)23(24)25/h3-11,20H,2,12-14H2,1H3,(H2,19,21,22). The van der Waals surface area contributed by atoms with Crippen LogP contribution in [-0.4, -0.2) is 30.5 Å². The number of nitro benzene ring substituents is 1. The summed E-state index contributed by atoms with van der Waals surface area (Å²) in [5.41, 5.74) is 1.73. The molecule has 0 saturated heterocycles. The molecule has 7 heteroatoms. The number of hydrogen-bond acceptors (Lipinski definition) is 4. The van der Waals surface area contributed by atoms with Crippen LogP contribution >= 0.6 is 0 Å². The van der Waals surface area contributed by atoms with Gasteiger partial charge in [0.1, 0.15) is 5.69 Å². The summed E-state index contributed by atoms with van der Waals surface area (Å²) >= 11 is 0. The molecule has 0 amide bonds. The third-order valence-corrected chi connectivity index (χ3v) is 3.44. The van der Waals surface area contributed by atoms with E-state index >= 15 is 0 Å². The second-order valence-corrected chi connectivity index (χ2v) is 5.31. The zero-order chi connectivity index (χ0) is 17.9. The fraction of sp³-hybridized carbons (Fsp3) is 0.278. The van der Waals surface area contributed by atoms with Crippen molar-refractivity contribution in [3.05, 3.63) is 70.3 Å². The summed E-state index contributed by atoms with van der Waals surface area (Å²) in [4.78, 5) is 15.1. The van der Waals surface area contributed by atoms with Crippen molar-refractivity contribution >= 4 is 17.3 Å². The van der Waals surface area contributed by atoms with Crippen LogP contribution in [-0.2, 0) is 6.54 Å². The third kappa shape index (κ3) is 6.14. The Labute approximate surface area is 147 Å². The van der Waals surface area contributed by atoms with Crippen molar-refractivity contribution in [3.8, 4) is 0 Å². The van der Waals surface area contributed by atoms with E-state index in [4.69, 9.17) is 0 Å². The molecule has 0 heterocycles. The maximum Gasteiger partial charge on any atom is 0.292 e. The molecule has 0 saturated carbocycles. The summed E-state index contributed by atoms with van der Waals surface area (Å²) in [5.74, 6) is 0.718. The number of benzene rings is 2. The van der Waals surface area contributed by atoms with Crippen LogP contribution in [0.5, 0.6) is 0 Å². The van der Waals surface area contributed by atoms with Gasteiger partial charge in [0.2, 0.25) is 0 Å². The van der Waals surface area contributed by atoms with Crippen LogP contribution in [0.4, 0.5) is 11.4 Å². The maximum absolute atomic E-state index is 11.0. The van der Waals surface area contributed by atoms with Crippen LogP contribution in [0.2, 0.25) is 0 Å². The van der Waals surface area contributed by atoms with Crippen LogP contribution in [0.25, 0.3) is 0 Å². The van der Waals surface area contributed by atoms with Crippen molar-refractivity contribution in [2.75, 3.05) is 25.0 Å². The van der Waals surface area contributed by atoms with Gasteiger partial charge in [-0.1, -0.05) is 42.5 Å². The summed E-state index contributed by atoms with van der Waals surface area (Å²) in [6, 6.07) is 16.6. The average Bonchev–Trinajstić information content (AvgIpc) is 2.64. The predicted octanol–water partition coefficient (Wildman–Crippen LogP) is 2.76. The molecule has 0 aliphatic heterocycles. The smallest absolute Gasteiger partial charge is 0.292 e. The van der Waals surface area contributed by atoms with Crippen molar-refractivity contribution in [1.29, 1.82) is 0 Å². The number of guanidine groups is 1. The molecule has 25 heavy (non-hydrogen) atoms. The second-order valence-electron chi connectivity index (χ2n) is 5.31. The van der Waals surface area contributed by atoms with E-state index in [0.29, 0.717) is 25.3 Å². The number of nitro groups is 1. The van der Waals surface area contributed by atoms with Gasteiger partial charge in [-0.05, 0) is 18.6 Å². The van der Waals surface area contributed by atoms with E-state index < -0.39 is 0 Å². The zero-order valence-corrected chi connectivity index (χ0v) is 14.2. The summed E-state index contributed by atoms with van der Waals surface area (Å²) in [6.45, 7) is 4.49. The van der Waals surface area contributed by atoms with E-state index in [2.05, 4.69) is 20.9 Å². The van der Waals surface area contributed by atoms with Gasteiger partial charge in [0, 0.05) is 25.7 Å². The van der Waals surface area contributed by atoms with Crippen LogP contribution < -0.4 is 16.0 Å². The minimum Gasteiger partial charge on any atom is -0.378 e. The first kappa shape index (κ1) is 18.3. The van der Waals surface area contributed by atoms with Crippen LogP contribution in [0.1, 0.15) is 12.5 Å². The van der Waals surface area contributed by atoms with Gasteiger partial charge in [-0.15, -0.1) is 0 Å². The Morgan fingerprint density at radius 1 is 1.04 bits per heavy atom. The minimum absolute atomic E-state index is 0.0761. The average molecular weight is 341 g/mol. The normalized spacial score (nSPS) is 11.0. The monoisotopic (exact) mass is 341 g/mol. The fourth-order valence-corrected chi connectivity index (χ4v) is 2.26. The molecule has 132 valence electrons. The molecule has 0 radical (unpaired) electrons. The Balaban J connectivity index is 1.84. The van der Waals surface area contributed by atoms with E-state index in [-0.39, 0.29) is 10.6 Å². The summed E-state index contributed by atoms with van der Waals surface area (Å²) in [5, 5.41) is 20.5. The molecule has 0 spiro atoms. The van der Waals surface area contributed by atoms with Crippen molar-refractivity contribution in [3.63, 3.8) is 0 Å². The zero-order valence-electron chi connectivity index (χ0n) is 14.2. The number of aliphatic imine (C=N–C) groups is 1. The fourth-order valence-electron chi connectivity index (χ4n) is 2.26. The predicted molar refractivity (Wildman–Crippen MR) is 101 cm³/mol. The quantitative estimate of drug-likeness (QED) is 0.226. The summed E-state index contributed by atoms with van der Waals surface area (Å²) < 4.78 is 0. The number of anilines is 1. The lowest BCUT2D eigenvalue weighted by Gasteiger charge is -2.12. The number of para-hydroxylation sites is 2. The Bertz CT molecular complexity index is 704. The molecule has 0 fully saturated rings. The maximum atomic E-state index is 11.0. The second kappa shape index (κ2) is 9.92. The molecule has 0 atom stereocenters. The Kier molecular flexibility index (Phi) is 7.24. The lowest BCUT2D eigenvalue weighted by atomic mass is 10.2. The first-order valence-electron chi connectivity index (χ1n) is 8.24. The van der Waals surface area contributed by atoms with Gasteiger partial charge < -0.3 is 16.0 Å². The van der Waals surface area contributed by atoms with E-state index in [0.717, 1.165) is 18.1 Å². The molecule has 2 rings (SSSR count). The van der Waals surface area contributed by atoms with Gasteiger partial charge in [-0.25, -0.2) is 4.99 Å². The molecule has 0 unspecified atom stereocenters. The minimum atomic E-state index is -0.388. The van der Waals surface area contributed by atoms with Crippen LogP contribution in [0, 0.1) is 10.1 Å². The van der Waals surface area contributed by atoms with E-state index in [9.17, 15) is 10.1 Å². The van der Waals surface area contributed by atoms with Crippen molar-refractivity contribution < 1.29 is 4.92 Å². The highest BCUT2D eigenvalue weighted by Gasteiger charge is 2.11. The van der Waals surface area contributed by atoms with Gasteiger partial charge in [0.15, 0.2) is 5.96 Å². The first-order valence-corrected chi connectivity index (χ1v) is 8.24. The highest BCUT2D eigenvalue weighted by atomic mass is 16.6. The van der Waals surface area contributed by atoms with Gasteiger partial charge in [0.05, 0.1) is 11.5 Å². The number of nitrogens with one attached hydrogen (secondary N) is 3. The van der Waals surface area contributed by atoms with E-state index in [1.54, 1.807) is 18.2 Å². The van der Waals surface area contributed by atoms with Gasteiger partial charge in [-0.2, -0.15) is 0 Å². The molecule has 0 bridgehead atoms. The SMILES string of the molecule is CCNC(=NCc1ccccc1)NCCNc1ccccc1[N+](=O)[O-].